The number of hydrogen-bond acceptors (Lipinski definition) is 3. The molecular weight excluding hydrogens is 238 g/mol. The lowest BCUT2D eigenvalue weighted by molar-refractivity contribution is -0.674. The Hall–Kier alpha value is -1.94. The standard InChI is InChI=1S/C12H9ClN3O/c1-16-6-8(5-14-7-16)12-15-10-4-9(13)2-3-11(10)17-12/h2-7H,1H3/q+1. The Kier molecular flexibility index (Phi) is 2.30. The van der Waals surface area contributed by atoms with Gasteiger partial charge in [-0.15, -0.1) is 0 Å². The van der Waals surface area contributed by atoms with E-state index in [4.69, 9.17) is 16.0 Å². The van der Waals surface area contributed by atoms with Crippen LogP contribution in [0.3, 0.4) is 0 Å². The first-order chi connectivity index (χ1) is 8.22. The van der Waals surface area contributed by atoms with Gasteiger partial charge in [0, 0.05) is 5.02 Å². The molecule has 4 nitrogen and oxygen atoms in total. The zero-order valence-corrected chi connectivity index (χ0v) is 9.85. The van der Waals surface area contributed by atoms with E-state index >= 15 is 0 Å². The van der Waals surface area contributed by atoms with Gasteiger partial charge in [0.15, 0.2) is 11.8 Å². The van der Waals surface area contributed by atoms with Crippen LogP contribution in [0.2, 0.25) is 5.02 Å². The van der Waals surface area contributed by atoms with Gasteiger partial charge in [-0.05, 0) is 18.2 Å². The molecule has 0 aliphatic carbocycles. The second kappa shape index (κ2) is 3.82. The maximum absolute atomic E-state index is 5.90. The molecule has 1 aromatic carbocycles. The molecule has 0 aliphatic heterocycles. The predicted octanol–water partition coefficient (Wildman–Crippen LogP) is 2.37. The van der Waals surface area contributed by atoms with Crippen LogP contribution in [-0.4, -0.2) is 9.97 Å². The number of halogens is 1. The molecule has 0 N–H and O–H groups in total. The van der Waals surface area contributed by atoms with Crippen molar-refractivity contribution in [1.82, 2.24) is 9.97 Å². The number of fused-ring (bicyclic) bond motifs is 1. The number of aromatic nitrogens is 3. The van der Waals surface area contributed by atoms with Gasteiger partial charge < -0.3 is 4.42 Å². The Balaban J connectivity index is 2.18. The van der Waals surface area contributed by atoms with Gasteiger partial charge in [0.05, 0.1) is 7.05 Å². The fourth-order valence-electron chi connectivity index (χ4n) is 1.64. The maximum Gasteiger partial charge on any atom is 0.285 e. The number of hydrogen-bond donors (Lipinski definition) is 0. The van der Waals surface area contributed by atoms with E-state index in [0.717, 1.165) is 16.7 Å². The number of nitrogens with zero attached hydrogens (tertiary/aromatic N) is 3. The smallest absolute Gasteiger partial charge is 0.285 e. The van der Waals surface area contributed by atoms with E-state index in [1.54, 1.807) is 24.7 Å². The van der Waals surface area contributed by atoms with Gasteiger partial charge in [0.1, 0.15) is 17.3 Å². The molecule has 3 rings (SSSR count). The van der Waals surface area contributed by atoms with Gasteiger partial charge in [-0.2, -0.15) is 0 Å². The van der Waals surface area contributed by atoms with Gasteiger partial charge in [0.2, 0.25) is 5.89 Å². The number of benzene rings is 1. The Bertz CT molecular complexity index is 693. The average Bonchev–Trinajstić information content (AvgIpc) is 2.72. The summed E-state index contributed by atoms with van der Waals surface area (Å²) in [7, 11) is 1.90. The molecule has 3 aromatic rings. The van der Waals surface area contributed by atoms with Crippen molar-refractivity contribution in [2.24, 2.45) is 7.05 Å². The molecule has 2 aromatic heterocycles. The molecule has 0 fully saturated rings. The van der Waals surface area contributed by atoms with Gasteiger partial charge >= 0.3 is 0 Å². The highest BCUT2D eigenvalue weighted by Gasteiger charge is 2.11. The van der Waals surface area contributed by atoms with Crippen LogP contribution in [0.5, 0.6) is 0 Å². The van der Waals surface area contributed by atoms with Crippen LogP contribution in [0.4, 0.5) is 0 Å². The molecule has 84 valence electrons. The van der Waals surface area contributed by atoms with Crippen molar-refractivity contribution in [1.29, 1.82) is 0 Å². The summed E-state index contributed by atoms with van der Waals surface area (Å²) in [6.07, 6.45) is 5.33. The first-order valence-electron chi connectivity index (χ1n) is 5.09. The third kappa shape index (κ3) is 1.87. The molecule has 0 aliphatic rings. The van der Waals surface area contributed by atoms with Crippen LogP contribution >= 0.6 is 11.6 Å². The Morgan fingerprint density at radius 1 is 1.35 bits per heavy atom. The molecule has 5 heteroatoms. The summed E-state index contributed by atoms with van der Waals surface area (Å²) >= 11 is 5.90. The topological polar surface area (TPSA) is 42.8 Å². The van der Waals surface area contributed by atoms with Gasteiger partial charge in [-0.3, -0.25) is 0 Å². The molecule has 0 radical (unpaired) electrons. The fourth-order valence-corrected chi connectivity index (χ4v) is 1.81. The van der Waals surface area contributed by atoms with Gasteiger partial charge in [-0.1, -0.05) is 16.6 Å². The normalized spacial score (nSPS) is 10.9. The van der Waals surface area contributed by atoms with Crippen molar-refractivity contribution in [3.05, 3.63) is 41.9 Å². The Morgan fingerprint density at radius 3 is 3.06 bits per heavy atom. The van der Waals surface area contributed by atoms with E-state index in [2.05, 4.69) is 9.97 Å². The molecule has 0 atom stereocenters. The third-order valence-corrected chi connectivity index (χ3v) is 2.64. The molecule has 0 saturated carbocycles. The second-order valence-corrected chi connectivity index (χ2v) is 4.21. The average molecular weight is 247 g/mol. The molecule has 0 spiro atoms. The summed E-state index contributed by atoms with van der Waals surface area (Å²) in [5.41, 5.74) is 2.30. The summed E-state index contributed by atoms with van der Waals surface area (Å²) in [6.45, 7) is 0. The predicted molar refractivity (Wildman–Crippen MR) is 63.4 cm³/mol. The van der Waals surface area contributed by atoms with Crippen molar-refractivity contribution in [3.8, 4) is 11.5 Å². The summed E-state index contributed by atoms with van der Waals surface area (Å²) in [6, 6.07) is 5.37. The van der Waals surface area contributed by atoms with E-state index in [1.165, 1.54) is 0 Å². The largest absolute Gasteiger partial charge is 0.436 e. The van der Waals surface area contributed by atoms with Crippen molar-refractivity contribution in [2.75, 3.05) is 0 Å². The lowest BCUT2D eigenvalue weighted by Gasteiger charge is -1.90. The van der Waals surface area contributed by atoms with E-state index in [0.29, 0.717) is 10.9 Å². The van der Waals surface area contributed by atoms with E-state index in [-0.39, 0.29) is 0 Å². The van der Waals surface area contributed by atoms with Crippen LogP contribution in [0, 0.1) is 0 Å². The third-order valence-electron chi connectivity index (χ3n) is 2.40. The minimum atomic E-state index is 0.547. The lowest BCUT2D eigenvalue weighted by Crippen LogP contribution is -2.27. The van der Waals surface area contributed by atoms with Crippen molar-refractivity contribution >= 4 is 22.7 Å². The van der Waals surface area contributed by atoms with Crippen LogP contribution in [-0.2, 0) is 7.05 Å². The molecule has 17 heavy (non-hydrogen) atoms. The van der Waals surface area contributed by atoms with Crippen LogP contribution in [0.25, 0.3) is 22.6 Å². The maximum atomic E-state index is 5.90. The number of oxazole rings is 1. The first-order valence-corrected chi connectivity index (χ1v) is 5.47. The van der Waals surface area contributed by atoms with Crippen LogP contribution in [0.15, 0.2) is 41.3 Å². The van der Waals surface area contributed by atoms with Gasteiger partial charge in [0.25, 0.3) is 6.33 Å². The van der Waals surface area contributed by atoms with Crippen molar-refractivity contribution in [2.45, 2.75) is 0 Å². The lowest BCUT2D eigenvalue weighted by atomic mass is 10.3. The SMILES string of the molecule is C[n+]1cncc(-c2nc3cc(Cl)ccc3o2)c1. The number of rotatable bonds is 1. The summed E-state index contributed by atoms with van der Waals surface area (Å²) < 4.78 is 7.49. The molecule has 0 bridgehead atoms. The highest BCUT2D eigenvalue weighted by Crippen LogP contribution is 2.24. The Labute approximate surface area is 103 Å². The summed E-state index contributed by atoms with van der Waals surface area (Å²) in [5.74, 6) is 0.547. The molecule has 2 heterocycles. The van der Waals surface area contributed by atoms with E-state index in [1.807, 2.05) is 23.9 Å². The molecule has 0 unspecified atom stereocenters. The highest BCUT2D eigenvalue weighted by atomic mass is 35.5. The summed E-state index contributed by atoms with van der Waals surface area (Å²) in [5, 5.41) is 0.647. The van der Waals surface area contributed by atoms with Crippen molar-refractivity contribution in [3.63, 3.8) is 0 Å². The minimum Gasteiger partial charge on any atom is -0.436 e. The quantitative estimate of drug-likeness (QED) is 0.619. The van der Waals surface area contributed by atoms with E-state index < -0.39 is 0 Å². The second-order valence-electron chi connectivity index (χ2n) is 3.77. The fraction of sp³-hybridized carbons (Fsp3) is 0.0833. The van der Waals surface area contributed by atoms with E-state index in [9.17, 15) is 0 Å². The first kappa shape index (κ1) is 10.2. The monoisotopic (exact) mass is 246 g/mol. The summed E-state index contributed by atoms with van der Waals surface area (Å²) in [4.78, 5) is 8.47. The van der Waals surface area contributed by atoms with Crippen molar-refractivity contribution < 1.29 is 8.98 Å². The van der Waals surface area contributed by atoms with Gasteiger partial charge in [-0.25, -0.2) is 9.55 Å². The Morgan fingerprint density at radius 2 is 2.24 bits per heavy atom. The van der Waals surface area contributed by atoms with Crippen LogP contribution in [0.1, 0.15) is 0 Å². The highest BCUT2D eigenvalue weighted by molar-refractivity contribution is 6.31. The molecule has 0 saturated heterocycles. The zero-order valence-electron chi connectivity index (χ0n) is 9.09. The molecule has 0 amide bonds. The zero-order chi connectivity index (χ0) is 11.8. The minimum absolute atomic E-state index is 0.547. The number of aryl methyl sites for hydroxylation is 1. The van der Waals surface area contributed by atoms with Crippen LogP contribution < -0.4 is 4.57 Å². The molecular formula is C12H9ClN3O+.